The molecule has 0 amide bonds. The predicted octanol–water partition coefficient (Wildman–Crippen LogP) is 0.542. The van der Waals surface area contributed by atoms with Gasteiger partial charge in [0.15, 0.2) is 11.5 Å². The maximum Gasteiger partial charge on any atom is 0.161 e. The van der Waals surface area contributed by atoms with Gasteiger partial charge in [-0.1, -0.05) is 6.07 Å². The van der Waals surface area contributed by atoms with E-state index in [2.05, 4.69) is 28.3 Å². The molecule has 5 heteroatoms. The second-order valence-corrected chi connectivity index (χ2v) is 4.32. The van der Waals surface area contributed by atoms with Crippen molar-refractivity contribution in [2.24, 2.45) is 0 Å². The zero-order chi connectivity index (χ0) is 11.7. The summed E-state index contributed by atoms with van der Waals surface area (Å²) in [6.07, 6.45) is 1.32. The van der Waals surface area contributed by atoms with Gasteiger partial charge in [0.05, 0.1) is 6.17 Å². The molecule has 5 nitrogen and oxygen atoms in total. The van der Waals surface area contributed by atoms with Crippen molar-refractivity contribution in [3.8, 4) is 11.5 Å². The first-order valence-electron chi connectivity index (χ1n) is 5.94. The number of ether oxygens (including phenoxy) is 2. The van der Waals surface area contributed by atoms with Crippen LogP contribution in [0.4, 0.5) is 0 Å². The fourth-order valence-electron chi connectivity index (χ4n) is 2.24. The zero-order valence-corrected chi connectivity index (χ0v) is 9.82. The van der Waals surface area contributed by atoms with Gasteiger partial charge in [-0.25, -0.2) is 10.9 Å². The molecule has 0 bridgehead atoms. The monoisotopic (exact) mass is 235 g/mol. The Morgan fingerprint density at radius 1 is 1.18 bits per heavy atom. The van der Waals surface area contributed by atoms with Crippen molar-refractivity contribution in [2.75, 3.05) is 20.3 Å². The summed E-state index contributed by atoms with van der Waals surface area (Å²) < 4.78 is 11.1. The lowest BCUT2D eigenvalue weighted by Crippen LogP contribution is -2.38. The molecule has 1 aromatic carbocycles. The lowest BCUT2D eigenvalue weighted by molar-refractivity contribution is 0.171. The predicted molar refractivity (Wildman–Crippen MR) is 63.9 cm³/mol. The molecule has 2 heterocycles. The Kier molecular flexibility index (Phi) is 2.88. The van der Waals surface area contributed by atoms with Crippen molar-refractivity contribution in [3.05, 3.63) is 23.8 Å². The third kappa shape index (κ3) is 2.09. The molecule has 0 radical (unpaired) electrons. The molecule has 3 rings (SSSR count). The van der Waals surface area contributed by atoms with Crippen LogP contribution in [0.2, 0.25) is 0 Å². The topological polar surface area (TPSA) is 54.5 Å². The van der Waals surface area contributed by atoms with Gasteiger partial charge in [0.1, 0.15) is 13.2 Å². The summed E-state index contributed by atoms with van der Waals surface area (Å²) in [5, 5.41) is 3.20. The summed E-state index contributed by atoms with van der Waals surface area (Å²) >= 11 is 0. The van der Waals surface area contributed by atoms with Crippen LogP contribution >= 0.6 is 0 Å². The summed E-state index contributed by atoms with van der Waals surface area (Å²) in [4.78, 5) is 0. The van der Waals surface area contributed by atoms with Gasteiger partial charge in [0, 0.05) is 6.04 Å². The molecular formula is C12H17N3O2. The Morgan fingerprint density at radius 3 is 2.76 bits per heavy atom. The summed E-state index contributed by atoms with van der Waals surface area (Å²) in [7, 11) is 1.95. The minimum Gasteiger partial charge on any atom is -0.486 e. The second kappa shape index (κ2) is 4.52. The van der Waals surface area contributed by atoms with Crippen molar-refractivity contribution < 1.29 is 9.47 Å². The number of hydrogen-bond acceptors (Lipinski definition) is 5. The van der Waals surface area contributed by atoms with E-state index < -0.39 is 0 Å². The number of nitrogens with one attached hydrogen (secondary N) is 3. The van der Waals surface area contributed by atoms with Gasteiger partial charge >= 0.3 is 0 Å². The maximum atomic E-state index is 5.59. The summed E-state index contributed by atoms with van der Waals surface area (Å²) in [5.74, 6) is 1.69. The number of rotatable bonds is 2. The van der Waals surface area contributed by atoms with Crippen molar-refractivity contribution in [3.63, 3.8) is 0 Å². The van der Waals surface area contributed by atoms with Crippen LogP contribution in [0.3, 0.4) is 0 Å². The molecule has 2 aliphatic heterocycles. The molecule has 1 saturated heterocycles. The van der Waals surface area contributed by atoms with Crippen molar-refractivity contribution in [1.29, 1.82) is 0 Å². The van der Waals surface area contributed by atoms with Gasteiger partial charge in [-0.2, -0.15) is 0 Å². The quantitative estimate of drug-likeness (QED) is 0.698. The summed E-state index contributed by atoms with van der Waals surface area (Å²) in [6.45, 7) is 1.27. The van der Waals surface area contributed by atoms with Crippen LogP contribution in [0.15, 0.2) is 18.2 Å². The minimum atomic E-state index is 0.309. The first-order chi connectivity index (χ1) is 8.36. The number of benzene rings is 1. The minimum absolute atomic E-state index is 0.309. The van der Waals surface area contributed by atoms with Gasteiger partial charge in [0.25, 0.3) is 0 Å². The summed E-state index contributed by atoms with van der Waals surface area (Å²) in [6, 6.07) is 6.44. The van der Waals surface area contributed by atoms with E-state index >= 15 is 0 Å². The van der Waals surface area contributed by atoms with E-state index in [4.69, 9.17) is 9.47 Å². The van der Waals surface area contributed by atoms with Crippen LogP contribution in [0.1, 0.15) is 18.0 Å². The van der Waals surface area contributed by atoms with Crippen LogP contribution in [-0.2, 0) is 0 Å². The Hall–Kier alpha value is -1.30. The molecular weight excluding hydrogens is 218 g/mol. The zero-order valence-electron chi connectivity index (χ0n) is 9.82. The summed E-state index contributed by atoms with van der Waals surface area (Å²) in [5.41, 5.74) is 7.70. The molecule has 2 aliphatic rings. The number of hydrogen-bond donors (Lipinski definition) is 3. The van der Waals surface area contributed by atoms with Gasteiger partial charge in [-0.3, -0.25) is 0 Å². The highest BCUT2D eigenvalue weighted by atomic mass is 16.6. The largest absolute Gasteiger partial charge is 0.486 e. The Morgan fingerprint density at radius 2 is 2.00 bits per heavy atom. The SMILES string of the molecule is CNC1CC(c2ccc3c(c2)OCCO3)NN1. The highest BCUT2D eigenvalue weighted by molar-refractivity contribution is 5.44. The van der Waals surface area contributed by atoms with Crippen LogP contribution < -0.4 is 25.6 Å². The molecule has 17 heavy (non-hydrogen) atoms. The Bertz CT molecular complexity index is 411. The van der Waals surface area contributed by atoms with Crippen molar-refractivity contribution in [2.45, 2.75) is 18.6 Å². The van der Waals surface area contributed by atoms with Crippen molar-refractivity contribution >= 4 is 0 Å². The maximum absolute atomic E-state index is 5.59. The fourth-order valence-corrected chi connectivity index (χ4v) is 2.24. The molecule has 0 spiro atoms. The smallest absolute Gasteiger partial charge is 0.161 e. The van der Waals surface area contributed by atoms with Gasteiger partial charge in [-0.15, -0.1) is 0 Å². The molecule has 0 aromatic heterocycles. The first kappa shape index (κ1) is 10.8. The highest BCUT2D eigenvalue weighted by Gasteiger charge is 2.24. The first-order valence-corrected chi connectivity index (χ1v) is 5.94. The Balaban J connectivity index is 1.79. The fraction of sp³-hybridized carbons (Fsp3) is 0.500. The molecule has 0 aliphatic carbocycles. The molecule has 1 fully saturated rings. The second-order valence-electron chi connectivity index (χ2n) is 4.32. The van der Waals surface area contributed by atoms with E-state index in [1.54, 1.807) is 0 Å². The lowest BCUT2D eigenvalue weighted by atomic mass is 10.0. The third-order valence-corrected chi connectivity index (χ3v) is 3.22. The average molecular weight is 235 g/mol. The van der Waals surface area contributed by atoms with Crippen molar-refractivity contribution in [1.82, 2.24) is 16.2 Å². The molecule has 2 atom stereocenters. The van der Waals surface area contributed by atoms with E-state index in [0.717, 1.165) is 17.9 Å². The van der Waals surface area contributed by atoms with E-state index in [9.17, 15) is 0 Å². The van der Waals surface area contributed by atoms with Gasteiger partial charge < -0.3 is 14.8 Å². The van der Waals surface area contributed by atoms with E-state index in [0.29, 0.717) is 25.4 Å². The number of fused-ring (bicyclic) bond motifs is 1. The standard InChI is InChI=1S/C12H17N3O2/c1-13-12-7-9(14-15-12)8-2-3-10-11(6-8)17-5-4-16-10/h2-3,6,9,12-15H,4-5,7H2,1H3. The molecule has 1 aromatic rings. The molecule has 2 unspecified atom stereocenters. The Labute approximate surface area is 100 Å². The molecule has 0 saturated carbocycles. The van der Waals surface area contributed by atoms with Crippen LogP contribution in [0, 0.1) is 0 Å². The van der Waals surface area contributed by atoms with E-state index in [1.165, 1.54) is 5.56 Å². The van der Waals surface area contributed by atoms with Crippen LogP contribution in [0.5, 0.6) is 11.5 Å². The highest BCUT2D eigenvalue weighted by Crippen LogP contribution is 2.34. The third-order valence-electron chi connectivity index (χ3n) is 3.22. The molecule has 3 N–H and O–H groups in total. The average Bonchev–Trinajstić information content (AvgIpc) is 2.87. The van der Waals surface area contributed by atoms with Gasteiger partial charge in [-0.05, 0) is 31.2 Å². The van der Waals surface area contributed by atoms with Crippen LogP contribution in [0.25, 0.3) is 0 Å². The van der Waals surface area contributed by atoms with Gasteiger partial charge in [0.2, 0.25) is 0 Å². The van der Waals surface area contributed by atoms with E-state index in [1.807, 2.05) is 13.1 Å². The lowest BCUT2D eigenvalue weighted by Gasteiger charge is -2.20. The van der Waals surface area contributed by atoms with Crippen LogP contribution in [-0.4, -0.2) is 26.4 Å². The van der Waals surface area contributed by atoms with E-state index in [-0.39, 0.29) is 0 Å². The normalized spacial score (nSPS) is 27.1. The number of hydrazine groups is 1. The molecule has 92 valence electrons.